The van der Waals surface area contributed by atoms with Gasteiger partial charge in [0.15, 0.2) is 6.29 Å². The van der Waals surface area contributed by atoms with Gasteiger partial charge in [0.2, 0.25) is 5.91 Å². The van der Waals surface area contributed by atoms with Gasteiger partial charge in [-0.05, 0) is 31.2 Å². The molecule has 11 nitrogen and oxygen atoms in total. The Bertz CT molecular complexity index is 1360. The Labute approximate surface area is 228 Å². The number of rotatable bonds is 4. The number of nitrogens with zero attached hydrogens (tertiary/aromatic N) is 4. The summed E-state index contributed by atoms with van der Waals surface area (Å²) >= 11 is 0. The van der Waals surface area contributed by atoms with Crippen LogP contribution in [0.5, 0.6) is 0 Å². The van der Waals surface area contributed by atoms with Crippen molar-refractivity contribution >= 4 is 24.0 Å². The first-order valence-corrected chi connectivity index (χ1v) is 12.6. The number of aldehydes is 1. The van der Waals surface area contributed by atoms with Crippen molar-refractivity contribution in [1.82, 2.24) is 24.7 Å². The number of aromatic nitrogens is 2. The molecule has 3 amide bonds. The van der Waals surface area contributed by atoms with E-state index in [4.69, 9.17) is 4.74 Å². The molecule has 216 valence electrons. The van der Waals surface area contributed by atoms with Gasteiger partial charge in [0.05, 0.1) is 17.9 Å². The molecule has 2 fully saturated rings. The van der Waals surface area contributed by atoms with Gasteiger partial charge in [-0.25, -0.2) is 9.59 Å². The molecule has 40 heavy (non-hydrogen) atoms. The average Bonchev–Trinajstić information content (AvgIpc) is 3.31. The van der Waals surface area contributed by atoms with Crippen LogP contribution in [-0.4, -0.2) is 82.1 Å². The van der Waals surface area contributed by atoms with E-state index >= 15 is 0 Å². The van der Waals surface area contributed by atoms with Gasteiger partial charge in [-0.1, -0.05) is 20.8 Å². The minimum Gasteiger partial charge on any atom is -0.360 e. The molecule has 0 spiro atoms. The van der Waals surface area contributed by atoms with Gasteiger partial charge in [0.1, 0.15) is 17.6 Å². The van der Waals surface area contributed by atoms with E-state index in [2.05, 4.69) is 15.6 Å². The monoisotopic (exact) mass is 564 g/mol. The molecule has 0 unspecified atom stereocenters. The predicted octanol–water partition coefficient (Wildman–Crippen LogP) is 2.49. The Morgan fingerprint density at radius 3 is 2.33 bits per heavy atom. The number of ether oxygens (including phenoxy) is 1. The van der Waals surface area contributed by atoms with E-state index in [0.29, 0.717) is 19.2 Å². The lowest BCUT2D eigenvalue weighted by Gasteiger charge is -2.38. The second-order valence-electron chi connectivity index (χ2n) is 11.1. The summed E-state index contributed by atoms with van der Waals surface area (Å²) in [4.78, 5) is 56.4. The van der Waals surface area contributed by atoms with E-state index in [1.54, 1.807) is 11.8 Å². The summed E-state index contributed by atoms with van der Waals surface area (Å²) in [6.07, 6.45) is -3.79. The molecule has 0 aliphatic carbocycles. The first-order chi connectivity index (χ1) is 18.6. The molecule has 2 aromatic rings. The second-order valence-corrected chi connectivity index (χ2v) is 11.1. The predicted molar refractivity (Wildman–Crippen MR) is 138 cm³/mol. The van der Waals surface area contributed by atoms with E-state index in [1.165, 1.54) is 23.2 Å². The van der Waals surface area contributed by atoms with Gasteiger partial charge < -0.3 is 14.5 Å². The normalized spacial score (nSPS) is 21.8. The van der Waals surface area contributed by atoms with Gasteiger partial charge in [-0.2, -0.15) is 18.2 Å². The Morgan fingerprint density at radius 1 is 1.12 bits per heavy atom. The number of halogens is 3. The van der Waals surface area contributed by atoms with Crippen molar-refractivity contribution in [3.8, 4) is 5.69 Å². The Kier molecular flexibility index (Phi) is 7.78. The van der Waals surface area contributed by atoms with Crippen LogP contribution in [0.2, 0.25) is 0 Å². The molecular weight excluding hydrogens is 533 g/mol. The number of carbonyl (C=O) groups excluding carboxylic acids is 3. The lowest BCUT2D eigenvalue weighted by Crippen LogP contribution is -2.61. The number of alkyl halides is 3. The van der Waals surface area contributed by atoms with Gasteiger partial charge in [-0.15, -0.1) is 0 Å². The lowest BCUT2D eigenvalue weighted by atomic mass is 9.93. The molecule has 0 radical (unpaired) electrons. The maximum absolute atomic E-state index is 13.3. The van der Waals surface area contributed by atoms with Crippen LogP contribution in [0.25, 0.3) is 5.69 Å². The fourth-order valence-corrected chi connectivity index (χ4v) is 4.57. The molecule has 2 atom stereocenters. The first kappa shape index (κ1) is 29.2. The SMILES string of the molecule is CC(C)(C)[C@H]1N[C@](C)(C(=O)N2CCN(C(=O)Nc3ccn(-c4ccc(C=O)c(C(F)(F)F)c4)c(=O)n3)CC2)CO1. The number of piperazine rings is 1. The van der Waals surface area contributed by atoms with Crippen LogP contribution >= 0.6 is 0 Å². The van der Waals surface area contributed by atoms with E-state index in [0.717, 1.165) is 10.6 Å². The van der Waals surface area contributed by atoms with Crippen molar-refractivity contribution in [2.45, 2.75) is 45.6 Å². The smallest absolute Gasteiger partial charge is 0.360 e. The summed E-state index contributed by atoms with van der Waals surface area (Å²) in [5, 5.41) is 5.81. The minimum absolute atomic E-state index is 0.0849. The summed E-state index contributed by atoms with van der Waals surface area (Å²) in [7, 11) is 0. The van der Waals surface area contributed by atoms with E-state index < -0.39 is 34.6 Å². The molecule has 3 heterocycles. The topological polar surface area (TPSA) is 126 Å². The summed E-state index contributed by atoms with van der Waals surface area (Å²) in [5.41, 5.74) is -3.85. The van der Waals surface area contributed by atoms with E-state index in [-0.39, 0.29) is 55.0 Å². The number of nitrogens with one attached hydrogen (secondary N) is 2. The molecule has 4 rings (SSSR count). The third-order valence-corrected chi connectivity index (χ3v) is 6.89. The highest BCUT2D eigenvalue weighted by molar-refractivity contribution is 5.89. The fraction of sp³-hybridized carbons (Fsp3) is 0.500. The number of hydrogen-bond donors (Lipinski definition) is 2. The second kappa shape index (κ2) is 10.7. The standard InChI is InChI=1S/C26H31F3N6O5/c1-24(2,3)20-32-25(4,15-40-20)21(37)33-9-11-34(12-10-33)22(38)30-19-7-8-35(23(39)31-19)17-6-5-16(14-36)18(13-17)26(27,28)29/h5-8,13-14,20,32H,9-12,15H2,1-4H3,(H,30,31,38,39)/t20-,25-/m0/s1. The quantitative estimate of drug-likeness (QED) is 0.547. The van der Waals surface area contributed by atoms with Crippen LogP contribution in [-0.2, 0) is 15.7 Å². The highest BCUT2D eigenvalue weighted by Crippen LogP contribution is 2.33. The lowest BCUT2D eigenvalue weighted by molar-refractivity contribution is -0.139. The number of hydrogen-bond acceptors (Lipinski definition) is 7. The van der Waals surface area contributed by atoms with Crippen molar-refractivity contribution in [2.75, 3.05) is 38.1 Å². The van der Waals surface area contributed by atoms with Crippen molar-refractivity contribution in [3.63, 3.8) is 0 Å². The Hall–Kier alpha value is -3.78. The molecule has 2 saturated heterocycles. The van der Waals surface area contributed by atoms with Crippen molar-refractivity contribution in [3.05, 3.63) is 52.1 Å². The summed E-state index contributed by atoms with van der Waals surface area (Å²) in [6.45, 7) is 9.20. The Balaban J connectivity index is 1.37. The molecule has 2 aliphatic rings. The maximum atomic E-state index is 13.3. The van der Waals surface area contributed by atoms with Crippen LogP contribution in [0.15, 0.2) is 35.3 Å². The molecular formula is C26H31F3N6O5. The number of anilines is 1. The van der Waals surface area contributed by atoms with Crippen molar-refractivity contribution < 1.29 is 32.3 Å². The van der Waals surface area contributed by atoms with Gasteiger partial charge in [0, 0.05) is 43.4 Å². The zero-order valence-corrected chi connectivity index (χ0v) is 22.5. The third-order valence-electron chi connectivity index (χ3n) is 6.89. The fourth-order valence-electron chi connectivity index (χ4n) is 4.57. The maximum Gasteiger partial charge on any atom is 0.417 e. The largest absolute Gasteiger partial charge is 0.417 e. The van der Waals surface area contributed by atoms with Crippen molar-refractivity contribution in [2.24, 2.45) is 5.41 Å². The molecule has 2 N–H and O–H groups in total. The molecule has 1 aromatic heterocycles. The number of amides is 3. The zero-order chi connectivity index (χ0) is 29.5. The molecule has 1 aromatic carbocycles. The van der Waals surface area contributed by atoms with Gasteiger partial charge >= 0.3 is 17.9 Å². The van der Waals surface area contributed by atoms with Gasteiger partial charge in [-0.3, -0.25) is 24.8 Å². The molecule has 0 bridgehead atoms. The summed E-state index contributed by atoms with van der Waals surface area (Å²) in [5.74, 6) is -0.196. The van der Waals surface area contributed by atoms with Crippen LogP contribution in [0.1, 0.15) is 43.6 Å². The number of urea groups is 1. The van der Waals surface area contributed by atoms with Gasteiger partial charge in [0.25, 0.3) is 0 Å². The zero-order valence-electron chi connectivity index (χ0n) is 22.5. The highest BCUT2D eigenvalue weighted by Gasteiger charge is 2.47. The van der Waals surface area contributed by atoms with E-state index in [9.17, 15) is 32.3 Å². The first-order valence-electron chi connectivity index (χ1n) is 12.6. The van der Waals surface area contributed by atoms with Crippen LogP contribution < -0.4 is 16.3 Å². The van der Waals surface area contributed by atoms with E-state index in [1.807, 2.05) is 20.8 Å². The third kappa shape index (κ3) is 6.02. The number of carbonyl (C=O) groups is 3. The van der Waals surface area contributed by atoms with Crippen LogP contribution in [0.3, 0.4) is 0 Å². The Morgan fingerprint density at radius 2 is 1.77 bits per heavy atom. The summed E-state index contributed by atoms with van der Waals surface area (Å²) in [6, 6.07) is 3.59. The molecule has 0 saturated carbocycles. The summed E-state index contributed by atoms with van der Waals surface area (Å²) < 4.78 is 46.6. The highest BCUT2D eigenvalue weighted by atomic mass is 19.4. The molecule has 14 heteroatoms. The van der Waals surface area contributed by atoms with Crippen LogP contribution in [0.4, 0.5) is 23.8 Å². The minimum atomic E-state index is -4.79. The molecule has 2 aliphatic heterocycles. The van der Waals surface area contributed by atoms with Crippen molar-refractivity contribution in [1.29, 1.82) is 0 Å². The van der Waals surface area contributed by atoms with Crippen LogP contribution in [0, 0.1) is 5.41 Å². The average molecular weight is 565 g/mol. The number of benzene rings is 1.